The van der Waals surface area contributed by atoms with E-state index in [1.165, 1.54) is 0 Å². The number of anilines is 1. The van der Waals surface area contributed by atoms with Crippen LogP contribution in [0, 0.1) is 0 Å². The molecule has 0 aliphatic rings. The first-order valence-corrected chi connectivity index (χ1v) is 5.63. The molecule has 0 aliphatic carbocycles. The molecule has 0 aliphatic heterocycles. The maximum Gasteiger partial charge on any atom is 0.271 e. The summed E-state index contributed by atoms with van der Waals surface area (Å²) < 4.78 is 0. The Hall–Kier alpha value is -1.23. The molecule has 0 amide bonds. The molecular formula is C10H6Cl3N3O. The summed E-state index contributed by atoms with van der Waals surface area (Å²) in [5.74, 6) is -0.0135. The van der Waals surface area contributed by atoms with E-state index in [2.05, 4.69) is 9.97 Å². The van der Waals surface area contributed by atoms with Crippen molar-refractivity contribution in [3.05, 3.63) is 43.6 Å². The first-order valence-electron chi connectivity index (χ1n) is 4.49. The van der Waals surface area contributed by atoms with E-state index in [9.17, 15) is 4.79 Å². The van der Waals surface area contributed by atoms with Gasteiger partial charge in [-0.2, -0.15) is 0 Å². The van der Waals surface area contributed by atoms with Gasteiger partial charge < -0.3 is 5.73 Å². The van der Waals surface area contributed by atoms with E-state index < -0.39 is 5.56 Å². The zero-order valence-electron chi connectivity index (χ0n) is 8.30. The van der Waals surface area contributed by atoms with E-state index in [1.54, 1.807) is 18.2 Å². The number of nitrogens with two attached hydrogens (primary N) is 1. The molecule has 0 saturated carbocycles. The molecule has 1 heterocycles. The molecule has 2 aromatic rings. The van der Waals surface area contributed by atoms with Crippen LogP contribution in [0.4, 0.5) is 5.95 Å². The second-order valence-electron chi connectivity index (χ2n) is 3.24. The fourth-order valence-electron chi connectivity index (χ4n) is 1.31. The third-order valence-electron chi connectivity index (χ3n) is 2.07. The number of halogens is 3. The summed E-state index contributed by atoms with van der Waals surface area (Å²) in [4.78, 5) is 17.7. The average molecular weight is 291 g/mol. The summed E-state index contributed by atoms with van der Waals surface area (Å²) in [6, 6.07) is 4.81. The summed E-state index contributed by atoms with van der Waals surface area (Å²) in [6.07, 6.45) is 0. The van der Waals surface area contributed by atoms with Crippen LogP contribution in [-0.2, 0) is 0 Å². The van der Waals surface area contributed by atoms with E-state index in [0.29, 0.717) is 15.6 Å². The number of rotatable bonds is 1. The van der Waals surface area contributed by atoms with Crippen molar-refractivity contribution in [2.75, 3.05) is 5.73 Å². The SMILES string of the molecule is Nc1nc(-c2ccc(Cl)c(Cl)c2)c(Cl)c(=O)[nH]1. The molecule has 1 aromatic carbocycles. The first kappa shape index (κ1) is 12.2. The molecule has 0 fully saturated rings. The normalized spacial score (nSPS) is 10.5. The second-order valence-corrected chi connectivity index (χ2v) is 4.44. The van der Waals surface area contributed by atoms with E-state index in [1.807, 2.05) is 0 Å². The highest BCUT2D eigenvalue weighted by atomic mass is 35.5. The van der Waals surface area contributed by atoms with E-state index in [0.717, 1.165) is 0 Å². The Balaban J connectivity index is 2.68. The van der Waals surface area contributed by atoms with Gasteiger partial charge in [0.15, 0.2) is 0 Å². The van der Waals surface area contributed by atoms with Gasteiger partial charge in [-0.05, 0) is 12.1 Å². The fraction of sp³-hybridized carbons (Fsp3) is 0. The van der Waals surface area contributed by atoms with Crippen LogP contribution in [0.3, 0.4) is 0 Å². The fourth-order valence-corrected chi connectivity index (χ4v) is 1.81. The Morgan fingerprint density at radius 2 is 1.88 bits per heavy atom. The van der Waals surface area contributed by atoms with Crippen LogP contribution in [0.1, 0.15) is 0 Å². The smallest absolute Gasteiger partial charge is 0.271 e. The monoisotopic (exact) mass is 289 g/mol. The van der Waals surface area contributed by atoms with Gasteiger partial charge >= 0.3 is 0 Å². The highest BCUT2D eigenvalue weighted by Crippen LogP contribution is 2.29. The van der Waals surface area contributed by atoms with E-state index in [-0.39, 0.29) is 16.7 Å². The number of H-pyrrole nitrogens is 1. The first-order chi connectivity index (χ1) is 7.99. The standard InChI is InChI=1S/C10H6Cl3N3O/c11-5-2-1-4(3-6(5)12)8-7(13)9(17)16-10(14)15-8/h1-3H,(H3,14,15,16,17). The molecular weight excluding hydrogens is 284 g/mol. The lowest BCUT2D eigenvalue weighted by molar-refractivity contribution is 1.14. The second kappa shape index (κ2) is 4.56. The number of nitrogens with zero attached hydrogens (tertiary/aromatic N) is 1. The third-order valence-corrected chi connectivity index (χ3v) is 3.16. The topological polar surface area (TPSA) is 71.8 Å². The molecule has 0 bridgehead atoms. The van der Waals surface area contributed by atoms with Crippen LogP contribution in [0.15, 0.2) is 23.0 Å². The van der Waals surface area contributed by atoms with Crippen LogP contribution < -0.4 is 11.3 Å². The van der Waals surface area contributed by atoms with Crippen molar-refractivity contribution in [3.63, 3.8) is 0 Å². The zero-order valence-corrected chi connectivity index (χ0v) is 10.6. The molecule has 0 spiro atoms. The molecule has 7 heteroatoms. The Morgan fingerprint density at radius 3 is 2.53 bits per heavy atom. The Labute approximate surface area is 111 Å². The zero-order chi connectivity index (χ0) is 12.6. The molecule has 2 rings (SSSR count). The highest BCUT2D eigenvalue weighted by molar-refractivity contribution is 6.42. The minimum Gasteiger partial charge on any atom is -0.369 e. The maximum atomic E-state index is 11.4. The Kier molecular flexibility index (Phi) is 3.28. The van der Waals surface area contributed by atoms with Gasteiger partial charge in [-0.1, -0.05) is 40.9 Å². The summed E-state index contributed by atoms with van der Waals surface area (Å²) in [5.41, 5.74) is 5.79. The number of hydrogen-bond donors (Lipinski definition) is 2. The quantitative estimate of drug-likeness (QED) is 0.848. The van der Waals surface area contributed by atoms with Crippen molar-refractivity contribution >= 4 is 40.8 Å². The molecule has 4 nitrogen and oxygen atoms in total. The van der Waals surface area contributed by atoms with Crippen molar-refractivity contribution < 1.29 is 0 Å². The minimum atomic E-state index is -0.500. The van der Waals surface area contributed by atoms with E-state index in [4.69, 9.17) is 40.5 Å². The van der Waals surface area contributed by atoms with Crippen LogP contribution in [-0.4, -0.2) is 9.97 Å². The number of aromatic amines is 1. The minimum absolute atomic E-state index is 0.0135. The van der Waals surface area contributed by atoms with Gasteiger partial charge in [0.25, 0.3) is 5.56 Å². The van der Waals surface area contributed by atoms with Crippen LogP contribution in [0.2, 0.25) is 15.1 Å². The summed E-state index contributed by atoms with van der Waals surface area (Å²) in [6.45, 7) is 0. The Morgan fingerprint density at radius 1 is 1.18 bits per heavy atom. The number of nitrogens with one attached hydrogen (secondary N) is 1. The lowest BCUT2D eigenvalue weighted by atomic mass is 10.1. The predicted octanol–water partition coefficient (Wildman–Crippen LogP) is 2.98. The largest absolute Gasteiger partial charge is 0.369 e. The number of nitrogen functional groups attached to an aromatic ring is 1. The highest BCUT2D eigenvalue weighted by Gasteiger charge is 2.11. The van der Waals surface area contributed by atoms with Gasteiger partial charge in [0.2, 0.25) is 5.95 Å². The molecule has 88 valence electrons. The maximum absolute atomic E-state index is 11.4. The summed E-state index contributed by atoms with van der Waals surface area (Å²) in [7, 11) is 0. The van der Waals surface area contributed by atoms with E-state index >= 15 is 0 Å². The van der Waals surface area contributed by atoms with Gasteiger partial charge in [0, 0.05) is 5.56 Å². The molecule has 0 radical (unpaired) electrons. The molecule has 0 atom stereocenters. The summed E-state index contributed by atoms with van der Waals surface area (Å²) in [5, 5.41) is 0.711. The Bertz CT molecular complexity index is 639. The number of aromatic nitrogens is 2. The van der Waals surface area contributed by atoms with Gasteiger partial charge in [-0.25, -0.2) is 4.98 Å². The van der Waals surface area contributed by atoms with Gasteiger partial charge in [0.05, 0.1) is 15.7 Å². The van der Waals surface area contributed by atoms with Gasteiger partial charge in [0.1, 0.15) is 5.02 Å². The van der Waals surface area contributed by atoms with Crippen molar-refractivity contribution in [2.45, 2.75) is 0 Å². The van der Waals surface area contributed by atoms with Crippen LogP contribution in [0.5, 0.6) is 0 Å². The molecule has 3 N–H and O–H groups in total. The molecule has 0 unspecified atom stereocenters. The van der Waals surface area contributed by atoms with Gasteiger partial charge in [-0.15, -0.1) is 0 Å². The van der Waals surface area contributed by atoms with Crippen LogP contribution >= 0.6 is 34.8 Å². The molecule has 17 heavy (non-hydrogen) atoms. The van der Waals surface area contributed by atoms with Crippen molar-refractivity contribution in [2.24, 2.45) is 0 Å². The summed E-state index contributed by atoms with van der Waals surface area (Å²) >= 11 is 17.5. The number of hydrogen-bond acceptors (Lipinski definition) is 3. The van der Waals surface area contributed by atoms with Gasteiger partial charge in [-0.3, -0.25) is 9.78 Å². The number of benzene rings is 1. The van der Waals surface area contributed by atoms with Crippen molar-refractivity contribution in [1.29, 1.82) is 0 Å². The molecule has 1 aromatic heterocycles. The lowest BCUT2D eigenvalue weighted by Gasteiger charge is -2.05. The lowest BCUT2D eigenvalue weighted by Crippen LogP contribution is -2.12. The van der Waals surface area contributed by atoms with Crippen molar-refractivity contribution in [3.8, 4) is 11.3 Å². The van der Waals surface area contributed by atoms with Crippen molar-refractivity contribution in [1.82, 2.24) is 9.97 Å². The van der Waals surface area contributed by atoms with Crippen LogP contribution in [0.25, 0.3) is 11.3 Å². The predicted molar refractivity (Wildman–Crippen MR) is 69.7 cm³/mol. The average Bonchev–Trinajstić information content (AvgIpc) is 2.27. The molecule has 0 saturated heterocycles. The third kappa shape index (κ3) is 2.39.